The molecule has 0 aromatic carbocycles. The minimum absolute atomic E-state index is 0. The van der Waals surface area contributed by atoms with Gasteiger partial charge in [-0.25, -0.2) is 0 Å². The van der Waals surface area contributed by atoms with Crippen LogP contribution < -0.4 is 0 Å². The molecule has 0 amide bonds. The normalized spacial score (nSPS) is 5.83. The van der Waals surface area contributed by atoms with E-state index in [1.165, 1.54) is 0 Å². The first-order valence-electron chi connectivity index (χ1n) is 0.532. The van der Waals surface area contributed by atoms with Crippen molar-refractivity contribution in [3.8, 4) is 0 Å². The van der Waals surface area contributed by atoms with E-state index in [4.69, 9.17) is 13.3 Å². The van der Waals surface area contributed by atoms with Gasteiger partial charge in [0.05, 0.1) is 0 Å². The molecule has 0 heterocycles. The average molecular weight is 209 g/mol. The molecule has 0 aliphatic carbocycles. The second kappa shape index (κ2) is 9.44. The summed E-state index contributed by atoms with van der Waals surface area (Å²) in [5.74, 6) is 0. The summed E-state index contributed by atoms with van der Waals surface area (Å²) in [5.41, 5.74) is 0. The van der Waals surface area contributed by atoms with E-state index < -0.39 is 11.4 Å². The van der Waals surface area contributed by atoms with Crippen molar-refractivity contribution in [1.29, 1.82) is 0 Å². The standard InChI is InChI=1S/2Cu.H2O3S/c;;1-4(2)3/h;;(H2,1,2,3). The summed E-state index contributed by atoms with van der Waals surface area (Å²) >= 11 is -2.61. The average Bonchev–Trinajstić information content (AvgIpc) is 0.811. The molecular weight excluding hydrogens is 207 g/mol. The summed E-state index contributed by atoms with van der Waals surface area (Å²) in [7, 11) is 0. The van der Waals surface area contributed by atoms with Crippen LogP contribution in [0.3, 0.4) is 0 Å². The van der Waals surface area contributed by atoms with Crippen LogP contribution in [0.15, 0.2) is 0 Å². The first kappa shape index (κ1) is 15.7. The SMILES string of the molecule is O=S(O)O.[Cu].[Cu]. The molecule has 0 fully saturated rings. The van der Waals surface area contributed by atoms with E-state index in [0.29, 0.717) is 0 Å². The minimum atomic E-state index is -2.61. The summed E-state index contributed by atoms with van der Waals surface area (Å²) in [6.45, 7) is 0. The molecule has 0 unspecified atom stereocenters. The van der Waals surface area contributed by atoms with E-state index in [-0.39, 0.29) is 34.1 Å². The van der Waals surface area contributed by atoms with Crippen LogP contribution in [0.2, 0.25) is 0 Å². The molecular formula is H2Cu2O3S. The van der Waals surface area contributed by atoms with Crippen molar-refractivity contribution in [3.05, 3.63) is 0 Å². The molecule has 48 valence electrons. The van der Waals surface area contributed by atoms with E-state index in [1.54, 1.807) is 0 Å². The molecule has 3 nitrogen and oxygen atoms in total. The maximum atomic E-state index is 8.67. The van der Waals surface area contributed by atoms with Gasteiger partial charge in [0, 0.05) is 34.1 Å². The Bertz CT molecular complexity index is 31.8. The van der Waals surface area contributed by atoms with Gasteiger partial charge in [0.2, 0.25) is 0 Å². The molecule has 0 saturated carbocycles. The van der Waals surface area contributed by atoms with Crippen LogP contribution in [0.1, 0.15) is 0 Å². The Morgan fingerprint density at radius 2 is 1.17 bits per heavy atom. The van der Waals surface area contributed by atoms with Gasteiger partial charge in [-0.2, -0.15) is 4.21 Å². The Morgan fingerprint density at radius 3 is 1.17 bits per heavy atom. The fourth-order valence-corrected chi connectivity index (χ4v) is 0. The molecule has 6 heavy (non-hydrogen) atoms. The fraction of sp³-hybridized carbons (Fsp3) is 0. The molecule has 2 N–H and O–H groups in total. The Morgan fingerprint density at radius 1 is 1.17 bits per heavy atom. The second-order valence-electron chi connectivity index (χ2n) is 0.231. The van der Waals surface area contributed by atoms with Crippen LogP contribution in [-0.4, -0.2) is 13.3 Å². The van der Waals surface area contributed by atoms with E-state index >= 15 is 0 Å². The molecule has 0 aliphatic heterocycles. The van der Waals surface area contributed by atoms with Crippen molar-refractivity contribution in [2.45, 2.75) is 0 Å². The molecule has 0 bridgehead atoms. The largest absolute Gasteiger partial charge is 0.299 e. The molecule has 2 radical (unpaired) electrons. The van der Waals surface area contributed by atoms with E-state index in [2.05, 4.69) is 0 Å². The smallest absolute Gasteiger partial charge is 0.284 e. The molecule has 0 aromatic rings. The zero-order valence-corrected chi connectivity index (χ0v) is 5.01. The van der Waals surface area contributed by atoms with Crippen molar-refractivity contribution in [2.75, 3.05) is 0 Å². The van der Waals surface area contributed by atoms with Crippen molar-refractivity contribution >= 4 is 11.4 Å². The van der Waals surface area contributed by atoms with Crippen molar-refractivity contribution in [1.82, 2.24) is 0 Å². The molecule has 0 atom stereocenters. The van der Waals surface area contributed by atoms with Crippen molar-refractivity contribution in [3.63, 3.8) is 0 Å². The third kappa shape index (κ3) is 70.1. The maximum absolute atomic E-state index is 8.67. The molecule has 6 heteroatoms. The topological polar surface area (TPSA) is 57.5 Å². The predicted molar refractivity (Wildman–Crippen MR) is 13.4 cm³/mol. The first-order valence-corrected chi connectivity index (χ1v) is 1.60. The Hall–Kier alpha value is 1.11. The fourth-order valence-electron chi connectivity index (χ4n) is 0. The maximum Gasteiger partial charge on any atom is 0.299 e. The number of hydrogen-bond donors (Lipinski definition) is 2. The number of rotatable bonds is 0. The summed E-state index contributed by atoms with van der Waals surface area (Å²) < 4.78 is 22.8. The van der Waals surface area contributed by atoms with Gasteiger partial charge in [0.15, 0.2) is 0 Å². The van der Waals surface area contributed by atoms with Crippen molar-refractivity contribution < 1.29 is 47.5 Å². The molecule has 0 saturated heterocycles. The van der Waals surface area contributed by atoms with E-state index in [9.17, 15) is 0 Å². The summed E-state index contributed by atoms with van der Waals surface area (Å²) in [6, 6.07) is 0. The second-order valence-corrected chi connectivity index (χ2v) is 0.692. The predicted octanol–water partition coefficient (Wildman–Crippen LogP) is -0.324. The zero-order chi connectivity index (χ0) is 3.58. The van der Waals surface area contributed by atoms with Gasteiger partial charge < -0.3 is 0 Å². The summed E-state index contributed by atoms with van der Waals surface area (Å²) in [5, 5.41) is 0. The van der Waals surface area contributed by atoms with Crippen LogP contribution in [0.5, 0.6) is 0 Å². The van der Waals surface area contributed by atoms with Gasteiger partial charge in [0.25, 0.3) is 11.4 Å². The van der Waals surface area contributed by atoms with Gasteiger partial charge in [-0.3, -0.25) is 9.11 Å². The minimum Gasteiger partial charge on any atom is -0.284 e. The molecule has 0 rings (SSSR count). The van der Waals surface area contributed by atoms with Crippen LogP contribution in [0, 0.1) is 0 Å². The molecule has 0 aromatic heterocycles. The van der Waals surface area contributed by atoms with Gasteiger partial charge in [-0.05, 0) is 0 Å². The third-order valence-corrected chi connectivity index (χ3v) is 0. The number of hydrogen-bond acceptors (Lipinski definition) is 1. The summed E-state index contributed by atoms with van der Waals surface area (Å²) in [4.78, 5) is 0. The first-order chi connectivity index (χ1) is 1.73. The Kier molecular flexibility index (Phi) is 24.7. The van der Waals surface area contributed by atoms with Gasteiger partial charge >= 0.3 is 0 Å². The van der Waals surface area contributed by atoms with Gasteiger partial charge in [-0.1, -0.05) is 0 Å². The van der Waals surface area contributed by atoms with Gasteiger partial charge in [0.1, 0.15) is 0 Å². The monoisotopic (exact) mass is 208 g/mol. The van der Waals surface area contributed by atoms with Crippen molar-refractivity contribution in [2.24, 2.45) is 0 Å². The quantitative estimate of drug-likeness (QED) is 0.424. The van der Waals surface area contributed by atoms with Crippen LogP contribution in [0.4, 0.5) is 0 Å². The van der Waals surface area contributed by atoms with Crippen LogP contribution in [-0.2, 0) is 45.5 Å². The van der Waals surface area contributed by atoms with E-state index in [0.717, 1.165) is 0 Å². The summed E-state index contributed by atoms with van der Waals surface area (Å²) in [6.07, 6.45) is 0. The Labute approximate surface area is 58.9 Å². The molecule has 0 spiro atoms. The van der Waals surface area contributed by atoms with Gasteiger partial charge in [-0.15, -0.1) is 0 Å². The zero-order valence-electron chi connectivity index (χ0n) is 2.31. The van der Waals surface area contributed by atoms with Crippen LogP contribution in [0.25, 0.3) is 0 Å². The van der Waals surface area contributed by atoms with E-state index in [1.807, 2.05) is 0 Å². The molecule has 0 aliphatic rings. The Balaban J connectivity index is -0.0000000450. The third-order valence-electron chi connectivity index (χ3n) is 0. The van der Waals surface area contributed by atoms with Crippen LogP contribution >= 0.6 is 0 Å².